The first-order valence-corrected chi connectivity index (χ1v) is 9.48. The number of phenols is 2. The molecular formula is C21H29NO3. The minimum atomic E-state index is -0.124. The van der Waals surface area contributed by atoms with Gasteiger partial charge in [-0.05, 0) is 24.6 Å². The predicted molar refractivity (Wildman–Crippen MR) is 101 cm³/mol. The molecule has 0 radical (unpaired) electrons. The number of carbonyl (C=O) groups is 1. The molecule has 4 heteroatoms. The SMILES string of the molecule is CCCCCCCCCCCC(=O)c1cc(O)c2ncccc2c1O. The number of nitrogens with zero attached hydrogens (tertiary/aromatic N) is 1. The van der Waals surface area contributed by atoms with Crippen molar-refractivity contribution < 1.29 is 15.0 Å². The average molecular weight is 343 g/mol. The van der Waals surface area contributed by atoms with Gasteiger partial charge in [-0.2, -0.15) is 0 Å². The lowest BCUT2D eigenvalue weighted by molar-refractivity contribution is 0.0976. The Morgan fingerprint density at radius 1 is 1.00 bits per heavy atom. The van der Waals surface area contributed by atoms with Crippen LogP contribution in [0.5, 0.6) is 11.5 Å². The van der Waals surface area contributed by atoms with Gasteiger partial charge in [0.05, 0.1) is 5.56 Å². The number of fused-ring (bicyclic) bond motifs is 1. The Labute approximate surface area is 149 Å². The second-order valence-electron chi connectivity index (χ2n) is 6.69. The van der Waals surface area contributed by atoms with Gasteiger partial charge in [-0.25, -0.2) is 0 Å². The molecule has 0 saturated heterocycles. The van der Waals surface area contributed by atoms with Gasteiger partial charge < -0.3 is 10.2 Å². The van der Waals surface area contributed by atoms with Crippen LogP contribution in [0.15, 0.2) is 24.4 Å². The maximum Gasteiger partial charge on any atom is 0.166 e. The highest BCUT2D eigenvalue weighted by atomic mass is 16.3. The van der Waals surface area contributed by atoms with Crippen LogP contribution in [0.25, 0.3) is 10.9 Å². The molecule has 2 N–H and O–H groups in total. The molecule has 25 heavy (non-hydrogen) atoms. The van der Waals surface area contributed by atoms with E-state index in [-0.39, 0.29) is 22.8 Å². The highest BCUT2D eigenvalue weighted by molar-refractivity contribution is 6.05. The van der Waals surface area contributed by atoms with Crippen LogP contribution in [0.2, 0.25) is 0 Å². The van der Waals surface area contributed by atoms with Crippen LogP contribution < -0.4 is 0 Å². The second kappa shape index (κ2) is 10.0. The normalized spacial score (nSPS) is 11.1. The molecule has 2 rings (SSSR count). The standard InChI is InChI=1S/C21H29NO3/c1-2-3-4-5-6-7-8-9-10-13-18(23)17-15-19(24)20-16(21(17)25)12-11-14-22-20/h11-12,14-15,24-25H,2-10,13H2,1H3. The van der Waals surface area contributed by atoms with Crippen molar-refractivity contribution in [1.82, 2.24) is 4.98 Å². The van der Waals surface area contributed by atoms with Crippen LogP contribution in [0.4, 0.5) is 0 Å². The van der Waals surface area contributed by atoms with Crippen molar-refractivity contribution in [3.05, 3.63) is 30.0 Å². The summed E-state index contributed by atoms with van der Waals surface area (Å²) in [6.45, 7) is 2.22. The van der Waals surface area contributed by atoms with Gasteiger partial charge in [0.25, 0.3) is 0 Å². The Morgan fingerprint density at radius 2 is 1.64 bits per heavy atom. The number of benzene rings is 1. The van der Waals surface area contributed by atoms with Gasteiger partial charge in [0.15, 0.2) is 5.78 Å². The summed E-state index contributed by atoms with van der Waals surface area (Å²) in [5.74, 6) is -0.271. The first-order valence-electron chi connectivity index (χ1n) is 9.48. The van der Waals surface area contributed by atoms with Crippen LogP contribution in [0, 0.1) is 0 Å². The fourth-order valence-electron chi connectivity index (χ4n) is 3.16. The number of ketones is 1. The minimum Gasteiger partial charge on any atom is -0.506 e. The van der Waals surface area contributed by atoms with E-state index in [1.807, 2.05) is 0 Å². The molecule has 0 aliphatic rings. The molecule has 2 aromatic rings. The topological polar surface area (TPSA) is 70.4 Å². The van der Waals surface area contributed by atoms with Gasteiger partial charge in [0.1, 0.15) is 17.0 Å². The number of rotatable bonds is 11. The van der Waals surface area contributed by atoms with Crippen LogP contribution in [-0.4, -0.2) is 21.0 Å². The maximum absolute atomic E-state index is 12.4. The zero-order chi connectivity index (χ0) is 18.1. The van der Waals surface area contributed by atoms with E-state index in [1.165, 1.54) is 44.6 Å². The lowest BCUT2D eigenvalue weighted by Crippen LogP contribution is -2.00. The van der Waals surface area contributed by atoms with Crippen LogP contribution in [-0.2, 0) is 0 Å². The van der Waals surface area contributed by atoms with Crippen molar-refractivity contribution in [2.45, 2.75) is 71.1 Å². The summed E-state index contributed by atoms with van der Waals surface area (Å²) in [5.41, 5.74) is 0.511. The van der Waals surface area contributed by atoms with Gasteiger partial charge in [0.2, 0.25) is 0 Å². The van der Waals surface area contributed by atoms with Crippen molar-refractivity contribution in [3.63, 3.8) is 0 Å². The summed E-state index contributed by atoms with van der Waals surface area (Å²) in [6.07, 6.45) is 12.7. The lowest BCUT2D eigenvalue weighted by Gasteiger charge is -2.08. The van der Waals surface area contributed by atoms with Crippen LogP contribution in [0.1, 0.15) is 81.5 Å². The Kier molecular flexibility index (Phi) is 7.71. The molecule has 1 aromatic heterocycles. The third kappa shape index (κ3) is 5.45. The number of carbonyl (C=O) groups excluding carboxylic acids is 1. The lowest BCUT2D eigenvalue weighted by atomic mass is 10.00. The smallest absolute Gasteiger partial charge is 0.166 e. The predicted octanol–water partition coefficient (Wildman–Crippen LogP) is 5.75. The molecule has 1 heterocycles. The largest absolute Gasteiger partial charge is 0.506 e. The molecule has 0 fully saturated rings. The quantitative estimate of drug-likeness (QED) is 0.309. The summed E-state index contributed by atoms with van der Waals surface area (Å²) in [7, 11) is 0. The molecule has 0 aliphatic carbocycles. The van der Waals surface area contributed by atoms with E-state index in [9.17, 15) is 15.0 Å². The highest BCUT2D eigenvalue weighted by Crippen LogP contribution is 2.34. The van der Waals surface area contributed by atoms with Gasteiger partial charge in [-0.15, -0.1) is 0 Å². The number of pyridine rings is 1. The summed E-state index contributed by atoms with van der Waals surface area (Å²) >= 11 is 0. The van der Waals surface area contributed by atoms with Gasteiger partial charge in [-0.1, -0.05) is 58.3 Å². The first kappa shape index (κ1) is 19.2. The summed E-state index contributed by atoms with van der Waals surface area (Å²) < 4.78 is 0. The average Bonchev–Trinajstić information content (AvgIpc) is 2.63. The molecule has 0 saturated carbocycles. The summed E-state index contributed by atoms with van der Waals surface area (Å²) in [6, 6.07) is 4.67. The zero-order valence-corrected chi connectivity index (χ0v) is 15.1. The summed E-state index contributed by atoms with van der Waals surface area (Å²) in [5, 5.41) is 20.8. The molecular weight excluding hydrogens is 314 g/mol. The van der Waals surface area contributed by atoms with E-state index in [2.05, 4.69) is 11.9 Å². The summed E-state index contributed by atoms with van der Waals surface area (Å²) in [4.78, 5) is 16.4. The molecule has 0 aliphatic heterocycles. The number of aromatic nitrogens is 1. The van der Waals surface area contributed by atoms with Crippen molar-refractivity contribution in [3.8, 4) is 11.5 Å². The van der Waals surface area contributed by atoms with E-state index >= 15 is 0 Å². The third-order valence-corrected chi connectivity index (χ3v) is 4.65. The van der Waals surface area contributed by atoms with Gasteiger partial charge in [0, 0.05) is 18.0 Å². The van der Waals surface area contributed by atoms with E-state index in [0.29, 0.717) is 17.3 Å². The zero-order valence-electron chi connectivity index (χ0n) is 15.1. The molecule has 1 aromatic carbocycles. The number of unbranched alkanes of at least 4 members (excludes halogenated alkanes) is 8. The molecule has 4 nitrogen and oxygen atoms in total. The van der Waals surface area contributed by atoms with Crippen molar-refractivity contribution in [1.29, 1.82) is 0 Å². The molecule has 0 amide bonds. The number of aromatic hydroxyl groups is 2. The number of Topliss-reactive ketones (excluding diaryl/α,β-unsaturated/α-hetero) is 1. The molecule has 0 bridgehead atoms. The monoisotopic (exact) mass is 343 g/mol. The molecule has 0 unspecified atom stereocenters. The van der Waals surface area contributed by atoms with Gasteiger partial charge >= 0.3 is 0 Å². The Morgan fingerprint density at radius 3 is 2.32 bits per heavy atom. The minimum absolute atomic E-state index is 0.0659. The van der Waals surface area contributed by atoms with E-state index in [1.54, 1.807) is 18.3 Å². The molecule has 136 valence electrons. The number of hydrogen-bond donors (Lipinski definition) is 2. The van der Waals surface area contributed by atoms with Gasteiger partial charge in [-0.3, -0.25) is 9.78 Å². The van der Waals surface area contributed by atoms with Crippen LogP contribution in [0.3, 0.4) is 0 Å². The van der Waals surface area contributed by atoms with Crippen molar-refractivity contribution in [2.75, 3.05) is 0 Å². The van der Waals surface area contributed by atoms with Crippen molar-refractivity contribution >= 4 is 16.7 Å². The van der Waals surface area contributed by atoms with E-state index in [4.69, 9.17) is 0 Å². The number of hydrogen-bond acceptors (Lipinski definition) is 4. The van der Waals surface area contributed by atoms with E-state index in [0.717, 1.165) is 19.3 Å². The Balaban J connectivity index is 1.80. The second-order valence-corrected chi connectivity index (χ2v) is 6.69. The first-order chi connectivity index (χ1) is 12.1. The van der Waals surface area contributed by atoms with E-state index < -0.39 is 0 Å². The fourth-order valence-corrected chi connectivity index (χ4v) is 3.16. The maximum atomic E-state index is 12.4. The molecule has 0 spiro atoms. The van der Waals surface area contributed by atoms with Crippen molar-refractivity contribution in [2.24, 2.45) is 0 Å². The fraction of sp³-hybridized carbons (Fsp3) is 0.524. The van der Waals surface area contributed by atoms with Crippen LogP contribution >= 0.6 is 0 Å². The Hall–Kier alpha value is -2.10. The Bertz CT molecular complexity index is 697. The number of phenolic OH excluding ortho intramolecular Hbond substituents is 2. The highest BCUT2D eigenvalue weighted by Gasteiger charge is 2.17. The third-order valence-electron chi connectivity index (χ3n) is 4.65. The molecule has 0 atom stereocenters.